The van der Waals surface area contributed by atoms with E-state index in [1.165, 1.54) is 16.7 Å². The molecule has 2 heterocycles. The summed E-state index contributed by atoms with van der Waals surface area (Å²) in [7, 11) is 0. The summed E-state index contributed by atoms with van der Waals surface area (Å²) in [6, 6.07) is 27.4. The van der Waals surface area contributed by atoms with E-state index >= 15 is 0 Å². The lowest BCUT2D eigenvalue weighted by molar-refractivity contribution is -0.0526. The van der Waals surface area contributed by atoms with Crippen molar-refractivity contribution in [3.8, 4) is 0 Å². The topological polar surface area (TPSA) is 34.1 Å². The zero-order chi connectivity index (χ0) is 20.8. The number of benzene rings is 3. The van der Waals surface area contributed by atoms with Gasteiger partial charge < -0.3 is 9.57 Å². The monoisotopic (exact) mass is 430 g/mol. The molecule has 3 aromatic carbocycles. The Labute approximate surface area is 187 Å². The lowest BCUT2D eigenvalue weighted by atomic mass is 9.78. The Bertz CT molecular complexity index is 1130. The summed E-state index contributed by atoms with van der Waals surface area (Å²) >= 11 is 6.20. The van der Waals surface area contributed by atoms with Crippen molar-refractivity contribution in [3.63, 3.8) is 0 Å². The summed E-state index contributed by atoms with van der Waals surface area (Å²) in [6.07, 6.45) is -0.143. The number of hydrogen-bond donors (Lipinski definition) is 0. The van der Waals surface area contributed by atoms with Crippen LogP contribution in [0.25, 0.3) is 0 Å². The second-order valence-electron chi connectivity index (χ2n) is 8.31. The predicted octanol–water partition coefficient (Wildman–Crippen LogP) is 4.82. The van der Waals surface area contributed by atoms with Gasteiger partial charge in [0.05, 0.1) is 19.1 Å². The van der Waals surface area contributed by atoms with Crippen molar-refractivity contribution < 1.29 is 9.57 Å². The summed E-state index contributed by atoms with van der Waals surface area (Å²) in [5.41, 5.74) is 5.38. The van der Waals surface area contributed by atoms with E-state index in [0.29, 0.717) is 18.2 Å². The largest absolute Gasteiger partial charge is 0.388 e. The third-order valence-corrected chi connectivity index (χ3v) is 7.08. The van der Waals surface area contributed by atoms with E-state index in [0.717, 1.165) is 24.4 Å². The van der Waals surface area contributed by atoms with Crippen molar-refractivity contribution in [2.45, 2.75) is 17.6 Å². The Morgan fingerprint density at radius 3 is 2.35 bits per heavy atom. The van der Waals surface area contributed by atoms with Gasteiger partial charge in [-0.25, -0.2) is 0 Å². The standard InChI is InChI=1S/C26H23ClN2O2/c27-20-12-10-19(11-13-20)24-26(29-14-16-30-17-15-29)22-9-5-4-8-21(22)23(25(26)31-28-24)18-6-2-1-3-7-18/h1-13,23,25H,14-17H2/t23-,25+,26-/m0/s1. The molecule has 2 aliphatic heterocycles. The van der Waals surface area contributed by atoms with Gasteiger partial charge in [-0.3, -0.25) is 4.90 Å². The first-order valence-electron chi connectivity index (χ1n) is 10.8. The molecular weight excluding hydrogens is 408 g/mol. The minimum Gasteiger partial charge on any atom is -0.388 e. The van der Waals surface area contributed by atoms with Crippen LogP contribution in [0.5, 0.6) is 0 Å². The highest BCUT2D eigenvalue weighted by atomic mass is 35.5. The number of oxime groups is 1. The van der Waals surface area contributed by atoms with Gasteiger partial charge in [0.2, 0.25) is 0 Å². The van der Waals surface area contributed by atoms with Crippen molar-refractivity contribution in [1.82, 2.24) is 4.90 Å². The van der Waals surface area contributed by atoms with Gasteiger partial charge in [0.15, 0.2) is 6.10 Å². The van der Waals surface area contributed by atoms with Crippen LogP contribution in [0.2, 0.25) is 5.02 Å². The van der Waals surface area contributed by atoms with E-state index in [9.17, 15) is 0 Å². The number of hydrogen-bond acceptors (Lipinski definition) is 4. The van der Waals surface area contributed by atoms with Crippen molar-refractivity contribution in [2.75, 3.05) is 26.3 Å². The van der Waals surface area contributed by atoms with Crippen molar-refractivity contribution in [1.29, 1.82) is 0 Å². The quantitative estimate of drug-likeness (QED) is 0.597. The smallest absolute Gasteiger partial charge is 0.166 e. The summed E-state index contributed by atoms with van der Waals surface area (Å²) < 4.78 is 5.72. The van der Waals surface area contributed by atoms with Crippen molar-refractivity contribution in [3.05, 3.63) is 106 Å². The van der Waals surface area contributed by atoms with Crippen LogP contribution < -0.4 is 0 Å². The van der Waals surface area contributed by atoms with Crippen LogP contribution in [-0.4, -0.2) is 43.0 Å². The molecule has 156 valence electrons. The van der Waals surface area contributed by atoms with E-state index in [-0.39, 0.29) is 12.0 Å². The third-order valence-electron chi connectivity index (χ3n) is 6.83. The maximum Gasteiger partial charge on any atom is 0.166 e. The van der Waals surface area contributed by atoms with Gasteiger partial charge in [-0.2, -0.15) is 0 Å². The van der Waals surface area contributed by atoms with Crippen LogP contribution in [0.1, 0.15) is 28.2 Å². The molecule has 1 aliphatic carbocycles. The van der Waals surface area contributed by atoms with Crippen LogP contribution in [0.3, 0.4) is 0 Å². The predicted molar refractivity (Wildman–Crippen MR) is 122 cm³/mol. The fourth-order valence-corrected chi connectivity index (χ4v) is 5.69. The lowest BCUT2D eigenvalue weighted by Crippen LogP contribution is -2.59. The minimum absolute atomic E-state index is 0.105. The van der Waals surface area contributed by atoms with Gasteiger partial charge in [-0.1, -0.05) is 83.5 Å². The Morgan fingerprint density at radius 1 is 0.871 bits per heavy atom. The SMILES string of the molecule is Clc1ccc(C2=NO[C@@H]3[C@@H](c4ccccc4)c4ccccc4[C@]23N2CCOCC2)cc1. The number of fused-ring (bicyclic) bond motifs is 3. The van der Waals surface area contributed by atoms with Crippen LogP contribution in [0.4, 0.5) is 0 Å². The van der Waals surface area contributed by atoms with Crippen molar-refractivity contribution >= 4 is 17.3 Å². The number of halogens is 1. The Morgan fingerprint density at radius 2 is 1.58 bits per heavy atom. The van der Waals surface area contributed by atoms with E-state index in [4.69, 9.17) is 26.3 Å². The molecule has 0 spiro atoms. The maximum atomic E-state index is 6.35. The molecule has 0 amide bonds. The molecule has 1 fully saturated rings. The zero-order valence-electron chi connectivity index (χ0n) is 17.1. The molecule has 0 bridgehead atoms. The maximum absolute atomic E-state index is 6.35. The number of morpholine rings is 1. The van der Waals surface area contributed by atoms with Crippen molar-refractivity contribution in [2.24, 2.45) is 5.16 Å². The van der Waals surface area contributed by atoms with E-state index in [1.54, 1.807) is 0 Å². The second kappa shape index (κ2) is 7.49. The molecule has 0 saturated carbocycles. The van der Waals surface area contributed by atoms with E-state index < -0.39 is 5.54 Å². The summed E-state index contributed by atoms with van der Waals surface area (Å²) in [5, 5.41) is 5.45. The fraction of sp³-hybridized carbons (Fsp3) is 0.269. The fourth-order valence-electron chi connectivity index (χ4n) is 5.56. The number of ether oxygens (including phenoxy) is 1. The highest BCUT2D eigenvalue weighted by molar-refractivity contribution is 6.30. The number of rotatable bonds is 3. The Hall–Kier alpha value is -2.66. The highest BCUT2D eigenvalue weighted by Crippen LogP contribution is 2.56. The summed E-state index contributed by atoms with van der Waals surface area (Å²) in [4.78, 5) is 8.87. The van der Waals surface area contributed by atoms with Crippen LogP contribution in [0.15, 0.2) is 84.0 Å². The van der Waals surface area contributed by atoms with Gasteiger partial charge in [-0.05, 0) is 28.8 Å². The zero-order valence-corrected chi connectivity index (χ0v) is 17.8. The van der Waals surface area contributed by atoms with Gasteiger partial charge >= 0.3 is 0 Å². The molecule has 0 aromatic heterocycles. The number of nitrogens with zero attached hydrogens (tertiary/aromatic N) is 2. The Balaban J connectivity index is 1.59. The first-order chi connectivity index (χ1) is 15.3. The minimum atomic E-state index is -0.464. The molecule has 4 nitrogen and oxygen atoms in total. The van der Waals surface area contributed by atoms with E-state index in [1.807, 2.05) is 24.3 Å². The molecule has 6 rings (SSSR count). The lowest BCUT2D eigenvalue weighted by Gasteiger charge is -2.43. The molecule has 0 N–H and O–H groups in total. The third kappa shape index (κ3) is 2.79. The first kappa shape index (κ1) is 19.1. The average Bonchev–Trinajstić information content (AvgIpc) is 3.35. The van der Waals surface area contributed by atoms with Crippen LogP contribution in [0, 0.1) is 0 Å². The average molecular weight is 431 g/mol. The second-order valence-corrected chi connectivity index (χ2v) is 8.75. The van der Waals surface area contributed by atoms with Gasteiger partial charge in [0.25, 0.3) is 0 Å². The molecule has 31 heavy (non-hydrogen) atoms. The van der Waals surface area contributed by atoms with Crippen LogP contribution in [-0.2, 0) is 15.1 Å². The summed E-state index contributed by atoms with van der Waals surface area (Å²) in [5.74, 6) is 0.105. The molecule has 0 radical (unpaired) electrons. The molecule has 5 heteroatoms. The van der Waals surface area contributed by atoms with Crippen LogP contribution >= 0.6 is 11.6 Å². The molecule has 3 aromatic rings. The van der Waals surface area contributed by atoms with E-state index in [2.05, 4.69) is 59.5 Å². The summed E-state index contributed by atoms with van der Waals surface area (Å²) in [6.45, 7) is 3.09. The highest BCUT2D eigenvalue weighted by Gasteiger charge is 2.64. The molecular formula is C26H23ClN2O2. The Kier molecular flexibility index (Phi) is 4.60. The van der Waals surface area contributed by atoms with Gasteiger partial charge in [0.1, 0.15) is 11.3 Å². The molecule has 1 saturated heterocycles. The molecule has 0 unspecified atom stereocenters. The van der Waals surface area contributed by atoms with Gasteiger partial charge in [0, 0.05) is 23.7 Å². The van der Waals surface area contributed by atoms with Gasteiger partial charge in [-0.15, -0.1) is 0 Å². The normalized spacial score (nSPS) is 27.3. The molecule has 3 atom stereocenters. The first-order valence-corrected chi connectivity index (χ1v) is 11.2. The molecule has 3 aliphatic rings.